The standard InChI is InChI=1S/C23H30N4O3S/c1-4-24-23(28)27-11-10-19-16-20(8-9-22(19)27)31(29,30)26-14-12-25(13-15-26)21-7-5-6-17(2)18(21)3/h5-9,16H,4,10-15H2,1-3H3,(H,24,28). The maximum absolute atomic E-state index is 13.3. The van der Waals surface area contributed by atoms with E-state index in [1.54, 1.807) is 27.4 Å². The van der Waals surface area contributed by atoms with Gasteiger partial charge in [-0.2, -0.15) is 4.31 Å². The molecule has 0 radical (unpaired) electrons. The average molecular weight is 443 g/mol. The molecule has 2 aromatic carbocycles. The maximum Gasteiger partial charge on any atom is 0.321 e. The van der Waals surface area contributed by atoms with Gasteiger partial charge in [-0.15, -0.1) is 0 Å². The summed E-state index contributed by atoms with van der Waals surface area (Å²) < 4.78 is 28.1. The first-order chi connectivity index (χ1) is 14.8. The summed E-state index contributed by atoms with van der Waals surface area (Å²) in [6.07, 6.45) is 0.663. The number of sulfonamides is 1. The molecule has 2 aliphatic rings. The highest BCUT2D eigenvalue weighted by molar-refractivity contribution is 7.89. The van der Waals surface area contributed by atoms with E-state index >= 15 is 0 Å². The van der Waals surface area contributed by atoms with Gasteiger partial charge in [0.1, 0.15) is 0 Å². The number of piperazine rings is 1. The van der Waals surface area contributed by atoms with E-state index in [0.717, 1.165) is 11.3 Å². The van der Waals surface area contributed by atoms with E-state index in [1.165, 1.54) is 16.8 Å². The monoisotopic (exact) mass is 442 g/mol. The Labute approximate surface area is 184 Å². The van der Waals surface area contributed by atoms with Crippen LogP contribution in [-0.2, 0) is 16.4 Å². The maximum atomic E-state index is 13.3. The van der Waals surface area contributed by atoms with Gasteiger partial charge in [0.25, 0.3) is 0 Å². The summed E-state index contributed by atoms with van der Waals surface area (Å²) in [5.41, 5.74) is 5.37. The predicted octanol–water partition coefficient (Wildman–Crippen LogP) is 2.91. The molecule has 4 rings (SSSR count). The molecule has 7 nitrogen and oxygen atoms in total. The van der Waals surface area contributed by atoms with Crippen LogP contribution in [0, 0.1) is 13.8 Å². The molecule has 0 aromatic heterocycles. The van der Waals surface area contributed by atoms with Crippen molar-refractivity contribution in [3.8, 4) is 0 Å². The molecule has 0 spiro atoms. The van der Waals surface area contributed by atoms with Gasteiger partial charge in [-0.05, 0) is 68.1 Å². The number of hydrogen-bond donors (Lipinski definition) is 1. The summed E-state index contributed by atoms with van der Waals surface area (Å²) in [6.45, 7) is 9.46. The number of anilines is 2. The van der Waals surface area contributed by atoms with Gasteiger partial charge in [0.2, 0.25) is 10.0 Å². The molecule has 0 unspecified atom stereocenters. The first-order valence-electron chi connectivity index (χ1n) is 10.8. The Bertz CT molecular complexity index is 1090. The number of amides is 2. The highest BCUT2D eigenvalue weighted by atomic mass is 32.2. The topological polar surface area (TPSA) is 73.0 Å². The third kappa shape index (κ3) is 4.02. The highest BCUT2D eigenvalue weighted by Gasteiger charge is 2.31. The first-order valence-corrected chi connectivity index (χ1v) is 12.3. The van der Waals surface area contributed by atoms with Gasteiger partial charge < -0.3 is 10.2 Å². The fourth-order valence-electron chi connectivity index (χ4n) is 4.39. The van der Waals surface area contributed by atoms with Crippen LogP contribution in [0.3, 0.4) is 0 Å². The fraction of sp³-hybridized carbons (Fsp3) is 0.435. The van der Waals surface area contributed by atoms with Gasteiger partial charge in [0.15, 0.2) is 0 Å². The first kappa shape index (κ1) is 21.6. The summed E-state index contributed by atoms with van der Waals surface area (Å²) in [4.78, 5) is 16.5. The number of carbonyl (C=O) groups excluding carboxylic acids is 1. The molecule has 0 atom stereocenters. The Kier molecular flexibility index (Phi) is 5.94. The number of aryl methyl sites for hydroxylation is 1. The van der Waals surface area contributed by atoms with Crippen LogP contribution in [0.25, 0.3) is 0 Å². The summed E-state index contributed by atoms with van der Waals surface area (Å²) >= 11 is 0. The lowest BCUT2D eigenvalue weighted by Crippen LogP contribution is -2.48. The summed E-state index contributed by atoms with van der Waals surface area (Å²) in [6, 6.07) is 11.2. The van der Waals surface area contributed by atoms with Crippen LogP contribution in [0.1, 0.15) is 23.6 Å². The number of hydrogen-bond acceptors (Lipinski definition) is 4. The van der Waals surface area contributed by atoms with E-state index in [0.29, 0.717) is 50.6 Å². The zero-order valence-corrected chi connectivity index (χ0v) is 19.2. The number of rotatable bonds is 4. The van der Waals surface area contributed by atoms with Gasteiger partial charge in [-0.25, -0.2) is 13.2 Å². The molecule has 0 aliphatic carbocycles. The molecule has 1 saturated heterocycles. The second-order valence-corrected chi connectivity index (χ2v) is 10.1. The molecule has 2 amide bonds. The highest BCUT2D eigenvalue weighted by Crippen LogP contribution is 2.32. The summed E-state index contributed by atoms with van der Waals surface area (Å²) in [7, 11) is -3.57. The molecule has 8 heteroatoms. The van der Waals surface area contributed by atoms with Gasteiger partial charge in [-0.1, -0.05) is 12.1 Å². The average Bonchev–Trinajstić information content (AvgIpc) is 3.19. The molecular weight excluding hydrogens is 412 g/mol. The van der Waals surface area contributed by atoms with Crippen LogP contribution < -0.4 is 15.1 Å². The molecule has 1 fully saturated rings. The molecule has 2 aliphatic heterocycles. The third-order valence-electron chi connectivity index (χ3n) is 6.31. The van der Waals surface area contributed by atoms with Crippen molar-refractivity contribution in [2.75, 3.05) is 49.1 Å². The number of fused-ring (bicyclic) bond motifs is 1. The Balaban J connectivity index is 1.49. The quantitative estimate of drug-likeness (QED) is 0.790. The minimum absolute atomic E-state index is 0.139. The largest absolute Gasteiger partial charge is 0.369 e. The lowest BCUT2D eigenvalue weighted by atomic mass is 10.1. The fourth-order valence-corrected chi connectivity index (χ4v) is 5.87. The summed E-state index contributed by atoms with van der Waals surface area (Å²) in [5.74, 6) is 0. The molecule has 31 heavy (non-hydrogen) atoms. The van der Waals surface area contributed by atoms with Crippen molar-refractivity contribution in [1.82, 2.24) is 9.62 Å². The smallest absolute Gasteiger partial charge is 0.321 e. The normalized spacial score (nSPS) is 17.0. The zero-order chi connectivity index (χ0) is 22.2. The SMILES string of the molecule is CCNC(=O)N1CCc2cc(S(=O)(=O)N3CCN(c4cccc(C)c4C)CC3)ccc21. The van der Waals surface area contributed by atoms with Gasteiger partial charge in [0.05, 0.1) is 4.90 Å². The molecule has 1 N–H and O–H groups in total. The van der Waals surface area contributed by atoms with Crippen molar-refractivity contribution in [3.63, 3.8) is 0 Å². The Hall–Kier alpha value is -2.58. The zero-order valence-electron chi connectivity index (χ0n) is 18.4. The van der Waals surface area contributed by atoms with Crippen LogP contribution in [-0.4, -0.2) is 58.0 Å². The lowest BCUT2D eigenvalue weighted by Gasteiger charge is -2.36. The van der Waals surface area contributed by atoms with Crippen molar-refractivity contribution in [3.05, 3.63) is 53.1 Å². The Morgan fingerprint density at radius 1 is 1.00 bits per heavy atom. The van der Waals surface area contributed by atoms with Crippen LogP contribution >= 0.6 is 0 Å². The number of benzene rings is 2. The van der Waals surface area contributed by atoms with Gasteiger partial charge in [0, 0.05) is 50.6 Å². The summed E-state index contributed by atoms with van der Waals surface area (Å²) in [5, 5.41) is 2.81. The molecule has 0 saturated carbocycles. The number of nitrogens with one attached hydrogen (secondary N) is 1. The van der Waals surface area contributed by atoms with Crippen molar-refractivity contribution in [1.29, 1.82) is 0 Å². The second-order valence-electron chi connectivity index (χ2n) is 8.14. The Morgan fingerprint density at radius 2 is 1.74 bits per heavy atom. The number of nitrogens with zero attached hydrogens (tertiary/aromatic N) is 3. The van der Waals surface area contributed by atoms with Crippen molar-refractivity contribution >= 4 is 27.4 Å². The van der Waals surface area contributed by atoms with E-state index < -0.39 is 10.0 Å². The third-order valence-corrected chi connectivity index (χ3v) is 8.21. The predicted molar refractivity (Wildman–Crippen MR) is 123 cm³/mol. The van der Waals surface area contributed by atoms with E-state index in [1.807, 2.05) is 6.92 Å². The molecular formula is C23H30N4O3S. The van der Waals surface area contributed by atoms with Crippen LogP contribution in [0.5, 0.6) is 0 Å². The van der Waals surface area contributed by atoms with E-state index in [9.17, 15) is 13.2 Å². The van der Waals surface area contributed by atoms with Crippen LogP contribution in [0.4, 0.5) is 16.2 Å². The minimum Gasteiger partial charge on any atom is -0.369 e. The van der Waals surface area contributed by atoms with E-state index in [2.05, 4.69) is 42.3 Å². The Morgan fingerprint density at radius 3 is 2.45 bits per heavy atom. The molecule has 166 valence electrons. The van der Waals surface area contributed by atoms with Crippen molar-refractivity contribution in [2.24, 2.45) is 0 Å². The van der Waals surface area contributed by atoms with Crippen LogP contribution in [0.2, 0.25) is 0 Å². The number of carbonyl (C=O) groups is 1. The van der Waals surface area contributed by atoms with Crippen LogP contribution in [0.15, 0.2) is 41.3 Å². The minimum atomic E-state index is -3.57. The molecule has 2 heterocycles. The number of urea groups is 1. The van der Waals surface area contributed by atoms with E-state index in [4.69, 9.17) is 0 Å². The van der Waals surface area contributed by atoms with Crippen molar-refractivity contribution in [2.45, 2.75) is 32.1 Å². The van der Waals surface area contributed by atoms with Crippen molar-refractivity contribution < 1.29 is 13.2 Å². The molecule has 2 aromatic rings. The van der Waals surface area contributed by atoms with Gasteiger partial charge >= 0.3 is 6.03 Å². The molecule has 0 bridgehead atoms. The lowest BCUT2D eigenvalue weighted by molar-refractivity contribution is 0.247. The second kappa shape index (κ2) is 8.51. The van der Waals surface area contributed by atoms with Gasteiger partial charge in [-0.3, -0.25) is 4.90 Å². The van der Waals surface area contributed by atoms with E-state index in [-0.39, 0.29) is 6.03 Å².